The summed E-state index contributed by atoms with van der Waals surface area (Å²) in [5, 5.41) is 0.165. The summed E-state index contributed by atoms with van der Waals surface area (Å²) in [4.78, 5) is 2.32. The van der Waals surface area contributed by atoms with Crippen LogP contribution in [0, 0.1) is 11.7 Å². The second-order valence-electron chi connectivity index (χ2n) is 6.02. The van der Waals surface area contributed by atoms with Crippen LogP contribution in [-0.4, -0.2) is 24.5 Å². The van der Waals surface area contributed by atoms with Gasteiger partial charge in [-0.3, -0.25) is 4.90 Å². The number of likely N-dealkylation sites (N-methyl/N-ethyl adjacent to an activating group) is 1. The summed E-state index contributed by atoms with van der Waals surface area (Å²) < 4.78 is 13.7. The zero-order chi connectivity index (χ0) is 14.7. The topological polar surface area (TPSA) is 29.3 Å². The van der Waals surface area contributed by atoms with Crippen LogP contribution >= 0.6 is 11.6 Å². The molecule has 0 saturated heterocycles. The first-order chi connectivity index (χ1) is 9.52. The monoisotopic (exact) mass is 298 g/mol. The first kappa shape index (κ1) is 15.7. The molecule has 1 aromatic carbocycles. The molecule has 4 heteroatoms. The Morgan fingerprint density at radius 2 is 2.20 bits per heavy atom. The molecule has 0 aliphatic heterocycles. The lowest BCUT2D eigenvalue weighted by Crippen LogP contribution is -2.41. The van der Waals surface area contributed by atoms with Crippen LogP contribution in [0.5, 0.6) is 0 Å². The van der Waals surface area contributed by atoms with E-state index in [1.165, 1.54) is 31.7 Å². The fraction of sp³-hybridized carbons (Fsp3) is 0.625. The Kier molecular flexibility index (Phi) is 5.42. The molecule has 1 aliphatic rings. The molecule has 1 saturated carbocycles. The lowest BCUT2D eigenvalue weighted by atomic mass is 9.85. The van der Waals surface area contributed by atoms with Crippen LogP contribution in [0.1, 0.15) is 44.2 Å². The number of hydrogen-bond donors (Lipinski definition) is 1. The van der Waals surface area contributed by atoms with Gasteiger partial charge in [0.1, 0.15) is 5.82 Å². The number of benzene rings is 1. The van der Waals surface area contributed by atoms with Crippen molar-refractivity contribution in [2.45, 2.75) is 44.7 Å². The van der Waals surface area contributed by atoms with Crippen LogP contribution in [-0.2, 0) is 0 Å². The van der Waals surface area contributed by atoms with Crippen molar-refractivity contribution < 1.29 is 4.39 Å². The van der Waals surface area contributed by atoms with Gasteiger partial charge in [-0.05, 0) is 43.5 Å². The first-order valence-corrected chi connectivity index (χ1v) is 7.77. The third-order valence-electron chi connectivity index (χ3n) is 4.53. The third kappa shape index (κ3) is 3.51. The molecule has 112 valence electrons. The van der Waals surface area contributed by atoms with Crippen molar-refractivity contribution in [3.05, 3.63) is 34.6 Å². The van der Waals surface area contributed by atoms with Gasteiger partial charge in [0.2, 0.25) is 0 Å². The molecule has 3 unspecified atom stereocenters. The van der Waals surface area contributed by atoms with Crippen molar-refractivity contribution in [1.82, 2.24) is 4.90 Å². The van der Waals surface area contributed by atoms with Crippen LogP contribution in [0.2, 0.25) is 5.02 Å². The molecule has 2 nitrogen and oxygen atoms in total. The Labute approximate surface area is 126 Å². The molecule has 2 N–H and O–H groups in total. The minimum absolute atomic E-state index is 0.0528. The van der Waals surface area contributed by atoms with E-state index in [-0.39, 0.29) is 16.9 Å². The second-order valence-corrected chi connectivity index (χ2v) is 6.42. The van der Waals surface area contributed by atoms with Gasteiger partial charge in [-0.1, -0.05) is 37.4 Å². The lowest BCUT2D eigenvalue weighted by molar-refractivity contribution is 0.121. The second kappa shape index (κ2) is 6.88. The standard InChI is InChI=1S/C16H24ClFN2/c1-11-4-3-5-13(8-11)20(2)16(10-19)12-6-7-14(17)15(18)9-12/h6-7,9,11,13,16H,3-5,8,10,19H2,1-2H3. The Hall–Kier alpha value is -0.640. The highest BCUT2D eigenvalue weighted by Gasteiger charge is 2.27. The van der Waals surface area contributed by atoms with Crippen molar-refractivity contribution in [3.8, 4) is 0 Å². The van der Waals surface area contributed by atoms with E-state index in [4.69, 9.17) is 17.3 Å². The molecule has 0 bridgehead atoms. The summed E-state index contributed by atoms with van der Waals surface area (Å²) in [5.74, 6) is 0.393. The van der Waals surface area contributed by atoms with Gasteiger partial charge in [-0.25, -0.2) is 4.39 Å². The predicted octanol–water partition coefficient (Wildman–Crippen LogP) is 3.99. The summed E-state index contributed by atoms with van der Waals surface area (Å²) >= 11 is 5.76. The fourth-order valence-electron chi connectivity index (χ4n) is 3.28. The highest BCUT2D eigenvalue weighted by molar-refractivity contribution is 6.30. The molecule has 1 fully saturated rings. The minimum atomic E-state index is -0.368. The van der Waals surface area contributed by atoms with E-state index in [1.54, 1.807) is 6.07 Å². The summed E-state index contributed by atoms with van der Waals surface area (Å²) in [6, 6.07) is 5.60. The number of halogens is 2. The van der Waals surface area contributed by atoms with Crippen LogP contribution in [0.4, 0.5) is 4.39 Å². The van der Waals surface area contributed by atoms with Crippen molar-refractivity contribution in [2.24, 2.45) is 11.7 Å². The van der Waals surface area contributed by atoms with E-state index in [9.17, 15) is 4.39 Å². The van der Waals surface area contributed by atoms with E-state index in [0.29, 0.717) is 12.6 Å². The summed E-state index contributed by atoms with van der Waals surface area (Å²) in [6.07, 6.45) is 4.98. The molecule has 0 heterocycles. The molecule has 3 atom stereocenters. The molecule has 0 radical (unpaired) electrons. The van der Waals surface area contributed by atoms with E-state index >= 15 is 0 Å². The minimum Gasteiger partial charge on any atom is -0.329 e. The number of rotatable bonds is 4. The van der Waals surface area contributed by atoms with Crippen molar-refractivity contribution in [2.75, 3.05) is 13.6 Å². The van der Waals surface area contributed by atoms with Gasteiger partial charge in [0.15, 0.2) is 0 Å². The van der Waals surface area contributed by atoms with Gasteiger partial charge >= 0.3 is 0 Å². The number of hydrogen-bond acceptors (Lipinski definition) is 2. The number of nitrogens with two attached hydrogens (primary N) is 1. The molecule has 0 aromatic heterocycles. The quantitative estimate of drug-likeness (QED) is 0.911. The van der Waals surface area contributed by atoms with Gasteiger partial charge in [0, 0.05) is 18.6 Å². The lowest BCUT2D eigenvalue weighted by Gasteiger charge is -2.39. The average Bonchev–Trinajstić information content (AvgIpc) is 2.43. The highest BCUT2D eigenvalue weighted by Crippen LogP contribution is 2.32. The van der Waals surface area contributed by atoms with E-state index in [1.807, 2.05) is 6.07 Å². The maximum Gasteiger partial charge on any atom is 0.142 e. The zero-order valence-electron chi connectivity index (χ0n) is 12.3. The van der Waals surface area contributed by atoms with Crippen LogP contribution < -0.4 is 5.73 Å². The normalized spacial score (nSPS) is 24.9. The molecular weight excluding hydrogens is 275 g/mol. The first-order valence-electron chi connectivity index (χ1n) is 7.40. The summed E-state index contributed by atoms with van der Waals surface area (Å²) in [5.41, 5.74) is 6.85. The van der Waals surface area contributed by atoms with Gasteiger partial charge < -0.3 is 5.73 Å². The molecule has 20 heavy (non-hydrogen) atoms. The number of nitrogens with zero attached hydrogens (tertiary/aromatic N) is 1. The Morgan fingerprint density at radius 1 is 1.45 bits per heavy atom. The Bertz CT molecular complexity index is 452. The Balaban J connectivity index is 2.15. The van der Waals surface area contributed by atoms with Crippen LogP contribution in [0.15, 0.2) is 18.2 Å². The van der Waals surface area contributed by atoms with Gasteiger partial charge in [0.05, 0.1) is 5.02 Å². The molecule has 0 amide bonds. The maximum absolute atomic E-state index is 13.7. The van der Waals surface area contributed by atoms with Crippen molar-refractivity contribution in [3.63, 3.8) is 0 Å². The van der Waals surface area contributed by atoms with E-state index < -0.39 is 0 Å². The highest BCUT2D eigenvalue weighted by atomic mass is 35.5. The van der Waals surface area contributed by atoms with Gasteiger partial charge in [0.25, 0.3) is 0 Å². The molecular formula is C16H24ClFN2. The van der Waals surface area contributed by atoms with Gasteiger partial charge in [-0.15, -0.1) is 0 Å². The zero-order valence-corrected chi connectivity index (χ0v) is 13.0. The van der Waals surface area contributed by atoms with Crippen LogP contribution in [0.3, 0.4) is 0 Å². The van der Waals surface area contributed by atoms with Gasteiger partial charge in [-0.2, -0.15) is 0 Å². The van der Waals surface area contributed by atoms with Crippen molar-refractivity contribution in [1.29, 1.82) is 0 Å². The smallest absolute Gasteiger partial charge is 0.142 e. The predicted molar refractivity (Wildman–Crippen MR) is 82.4 cm³/mol. The summed E-state index contributed by atoms with van der Waals surface area (Å²) in [6.45, 7) is 2.79. The third-order valence-corrected chi connectivity index (χ3v) is 4.83. The van der Waals surface area contributed by atoms with Crippen LogP contribution in [0.25, 0.3) is 0 Å². The molecule has 0 spiro atoms. The van der Waals surface area contributed by atoms with Crippen molar-refractivity contribution >= 4 is 11.6 Å². The fourth-order valence-corrected chi connectivity index (χ4v) is 3.40. The largest absolute Gasteiger partial charge is 0.329 e. The molecule has 1 aliphatic carbocycles. The Morgan fingerprint density at radius 3 is 2.80 bits per heavy atom. The average molecular weight is 299 g/mol. The van der Waals surface area contributed by atoms with E-state index in [2.05, 4.69) is 18.9 Å². The molecule has 1 aromatic rings. The molecule has 2 rings (SSSR count). The maximum atomic E-state index is 13.7. The van der Waals surface area contributed by atoms with E-state index in [0.717, 1.165) is 11.5 Å². The summed E-state index contributed by atoms with van der Waals surface area (Å²) in [7, 11) is 2.10. The SMILES string of the molecule is CC1CCCC(N(C)C(CN)c2ccc(Cl)c(F)c2)C1.